The average Bonchev–Trinajstić information content (AvgIpc) is 2.88. The van der Waals surface area contributed by atoms with Crippen molar-refractivity contribution in [2.45, 2.75) is 48.6 Å². The molecule has 102 valence electrons. The first-order chi connectivity index (χ1) is 9.21. The fourth-order valence-electron chi connectivity index (χ4n) is 1.45. The van der Waals surface area contributed by atoms with Crippen molar-refractivity contribution in [3.05, 3.63) is 23.8 Å². The van der Waals surface area contributed by atoms with Gasteiger partial charge < -0.3 is 5.73 Å². The van der Waals surface area contributed by atoms with Crippen LogP contribution in [0.2, 0.25) is 0 Å². The van der Waals surface area contributed by atoms with Gasteiger partial charge in [-0.25, -0.2) is 15.0 Å². The Morgan fingerprint density at radius 2 is 2.05 bits per heavy atom. The van der Waals surface area contributed by atoms with Gasteiger partial charge in [0.15, 0.2) is 9.50 Å². The Morgan fingerprint density at radius 1 is 1.32 bits per heavy atom. The topological polar surface area (TPSA) is 77.6 Å². The number of rotatable bonds is 6. The lowest BCUT2D eigenvalue weighted by Crippen LogP contribution is -2.21. The van der Waals surface area contributed by atoms with Crippen molar-refractivity contribution in [2.24, 2.45) is 5.73 Å². The molecule has 0 aliphatic carbocycles. The van der Waals surface area contributed by atoms with Gasteiger partial charge in [0.1, 0.15) is 5.82 Å². The number of hydrogen-bond acceptors (Lipinski definition) is 7. The summed E-state index contributed by atoms with van der Waals surface area (Å²) in [4.78, 5) is 13.0. The van der Waals surface area contributed by atoms with E-state index in [9.17, 15) is 0 Å². The lowest BCUT2D eigenvalue weighted by atomic mass is 10.1. The van der Waals surface area contributed by atoms with Crippen molar-refractivity contribution < 1.29 is 0 Å². The highest BCUT2D eigenvalue weighted by molar-refractivity contribution is 8.00. The summed E-state index contributed by atoms with van der Waals surface area (Å²) >= 11 is 2.84. The molecular formula is C12H17N5S2. The maximum Gasteiger partial charge on any atom is 0.194 e. The van der Waals surface area contributed by atoms with Crippen LogP contribution in [0.5, 0.6) is 0 Å². The van der Waals surface area contributed by atoms with Crippen LogP contribution in [-0.2, 0) is 12.8 Å². The van der Waals surface area contributed by atoms with E-state index in [1.165, 1.54) is 23.3 Å². The van der Waals surface area contributed by atoms with E-state index < -0.39 is 0 Å². The highest BCUT2D eigenvalue weighted by Gasteiger charge is 2.08. The van der Waals surface area contributed by atoms with Crippen LogP contribution in [0.4, 0.5) is 0 Å². The van der Waals surface area contributed by atoms with Crippen molar-refractivity contribution in [1.29, 1.82) is 0 Å². The minimum atomic E-state index is 0.178. The maximum absolute atomic E-state index is 5.91. The van der Waals surface area contributed by atoms with Crippen LogP contribution in [0.3, 0.4) is 0 Å². The molecular weight excluding hydrogens is 278 g/mol. The average molecular weight is 295 g/mol. The van der Waals surface area contributed by atoms with E-state index in [1.54, 1.807) is 0 Å². The lowest BCUT2D eigenvalue weighted by molar-refractivity contribution is 0.641. The molecule has 7 heteroatoms. The molecule has 2 N–H and O–H groups in total. The minimum Gasteiger partial charge on any atom is -0.327 e. The standard InChI is InChI=1S/C12H17N5S2/c1-3-9(13)5-8-6-14-11(15-7-8)18-12-16-10(4-2)17-19-12/h6-7,9H,3-5,13H2,1-2H3. The first kappa shape index (κ1) is 14.4. The van der Waals surface area contributed by atoms with E-state index in [2.05, 4.69) is 26.2 Å². The summed E-state index contributed by atoms with van der Waals surface area (Å²) in [6.07, 6.45) is 6.31. The molecule has 0 amide bonds. The first-order valence-corrected chi connectivity index (χ1v) is 7.87. The summed E-state index contributed by atoms with van der Waals surface area (Å²) in [6, 6.07) is 0.178. The Labute approximate surface area is 121 Å². The van der Waals surface area contributed by atoms with Gasteiger partial charge in [-0.1, -0.05) is 13.8 Å². The van der Waals surface area contributed by atoms with Crippen molar-refractivity contribution in [3.8, 4) is 0 Å². The Bertz CT molecular complexity index is 511. The van der Waals surface area contributed by atoms with Gasteiger partial charge >= 0.3 is 0 Å². The third-order valence-electron chi connectivity index (χ3n) is 2.65. The molecule has 19 heavy (non-hydrogen) atoms. The summed E-state index contributed by atoms with van der Waals surface area (Å²) in [6.45, 7) is 4.12. The van der Waals surface area contributed by atoms with Gasteiger partial charge in [-0.3, -0.25) is 0 Å². The Hall–Kier alpha value is -1.05. The molecule has 0 spiro atoms. The molecule has 2 rings (SSSR count). The van der Waals surface area contributed by atoms with Gasteiger partial charge in [0, 0.05) is 24.9 Å². The zero-order valence-electron chi connectivity index (χ0n) is 11.0. The molecule has 0 aromatic carbocycles. The predicted octanol–water partition coefficient (Wildman–Crippen LogP) is 2.32. The van der Waals surface area contributed by atoms with E-state index in [0.29, 0.717) is 5.16 Å². The second kappa shape index (κ2) is 6.93. The van der Waals surface area contributed by atoms with Crippen LogP contribution in [0, 0.1) is 0 Å². The quantitative estimate of drug-likeness (QED) is 0.824. The van der Waals surface area contributed by atoms with Crippen LogP contribution in [0.1, 0.15) is 31.7 Å². The van der Waals surface area contributed by atoms with E-state index in [-0.39, 0.29) is 6.04 Å². The molecule has 2 heterocycles. The van der Waals surface area contributed by atoms with Gasteiger partial charge in [0.25, 0.3) is 0 Å². The molecule has 0 saturated carbocycles. The summed E-state index contributed by atoms with van der Waals surface area (Å²) in [5, 5.41) is 0.702. The number of nitrogens with two attached hydrogens (primary N) is 1. The SMILES string of the molecule is CCc1nsc(Sc2ncc(CC(N)CC)cn2)n1. The normalized spacial score (nSPS) is 12.6. The fraction of sp³-hybridized carbons (Fsp3) is 0.500. The molecule has 1 unspecified atom stereocenters. The minimum absolute atomic E-state index is 0.178. The number of aryl methyl sites for hydroxylation is 1. The molecule has 0 saturated heterocycles. The van der Waals surface area contributed by atoms with Crippen molar-refractivity contribution in [1.82, 2.24) is 19.3 Å². The van der Waals surface area contributed by atoms with Crippen LogP contribution < -0.4 is 5.73 Å². The van der Waals surface area contributed by atoms with E-state index in [4.69, 9.17) is 5.73 Å². The summed E-state index contributed by atoms with van der Waals surface area (Å²) in [7, 11) is 0. The van der Waals surface area contributed by atoms with Crippen LogP contribution in [0.25, 0.3) is 0 Å². The number of nitrogens with zero attached hydrogens (tertiary/aromatic N) is 4. The van der Waals surface area contributed by atoms with Crippen molar-refractivity contribution in [2.75, 3.05) is 0 Å². The third kappa shape index (κ3) is 4.22. The Morgan fingerprint density at radius 3 is 2.63 bits per heavy atom. The zero-order valence-corrected chi connectivity index (χ0v) is 12.7. The monoisotopic (exact) mass is 295 g/mol. The molecule has 5 nitrogen and oxygen atoms in total. The molecule has 0 aliphatic heterocycles. The third-order valence-corrected chi connectivity index (χ3v) is 4.33. The molecule has 0 bridgehead atoms. The van der Waals surface area contributed by atoms with E-state index in [1.807, 2.05) is 19.3 Å². The number of hydrogen-bond donors (Lipinski definition) is 1. The molecule has 2 aromatic heterocycles. The molecule has 1 atom stereocenters. The maximum atomic E-state index is 5.91. The highest BCUT2D eigenvalue weighted by atomic mass is 32.2. The molecule has 0 radical (unpaired) electrons. The van der Waals surface area contributed by atoms with Gasteiger partial charge in [-0.15, -0.1) is 0 Å². The van der Waals surface area contributed by atoms with E-state index in [0.717, 1.165) is 35.0 Å². The number of aromatic nitrogens is 4. The second-order valence-corrected chi connectivity index (χ2v) is 6.14. The highest BCUT2D eigenvalue weighted by Crippen LogP contribution is 2.25. The second-order valence-electron chi connectivity index (χ2n) is 4.18. The summed E-state index contributed by atoms with van der Waals surface area (Å²) < 4.78 is 5.12. The fourth-order valence-corrected chi connectivity index (χ4v) is 2.95. The summed E-state index contributed by atoms with van der Waals surface area (Å²) in [5.74, 6) is 0.873. The van der Waals surface area contributed by atoms with E-state index >= 15 is 0 Å². The van der Waals surface area contributed by atoms with Gasteiger partial charge in [-0.2, -0.15) is 4.37 Å². The molecule has 2 aromatic rings. The smallest absolute Gasteiger partial charge is 0.194 e. The largest absolute Gasteiger partial charge is 0.327 e. The molecule has 0 fully saturated rings. The lowest BCUT2D eigenvalue weighted by Gasteiger charge is -2.07. The zero-order chi connectivity index (χ0) is 13.7. The van der Waals surface area contributed by atoms with Crippen LogP contribution in [0.15, 0.2) is 21.9 Å². The van der Waals surface area contributed by atoms with Crippen LogP contribution in [-0.4, -0.2) is 25.4 Å². The van der Waals surface area contributed by atoms with Gasteiger partial charge in [0.05, 0.1) is 0 Å². The Balaban J connectivity index is 1.98. The van der Waals surface area contributed by atoms with Crippen molar-refractivity contribution >= 4 is 23.3 Å². The van der Waals surface area contributed by atoms with Crippen LogP contribution >= 0.6 is 23.3 Å². The van der Waals surface area contributed by atoms with Gasteiger partial charge in [-0.05, 0) is 41.7 Å². The first-order valence-electron chi connectivity index (χ1n) is 6.28. The summed E-state index contributed by atoms with van der Waals surface area (Å²) in [5.41, 5.74) is 6.98. The van der Waals surface area contributed by atoms with Gasteiger partial charge in [0.2, 0.25) is 0 Å². The molecule has 0 aliphatic rings. The predicted molar refractivity (Wildman–Crippen MR) is 77.4 cm³/mol. The van der Waals surface area contributed by atoms with Crippen molar-refractivity contribution in [3.63, 3.8) is 0 Å². The Kier molecular flexibility index (Phi) is 5.24.